The molecule has 0 spiro atoms. The first-order valence-electron chi connectivity index (χ1n) is 26.9. The third kappa shape index (κ3) is 4.50. The molecule has 0 fully saturated rings. The summed E-state index contributed by atoms with van der Waals surface area (Å²) in [5.74, 6) is 0. The zero-order valence-electron chi connectivity index (χ0n) is 44.6. The van der Waals surface area contributed by atoms with E-state index in [9.17, 15) is 0 Å². The fourth-order valence-corrected chi connectivity index (χ4v) is 17.2. The van der Waals surface area contributed by atoms with Crippen LogP contribution in [0.15, 0.2) is 156 Å². The second kappa shape index (κ2) is 12.3. The van der Waals surface area contributed by atoms with Gasteiger partial charge in [-0.25, -0.2) is 0 Å². The van der Waals surface area contributed by atoms with Crippen molar-refractivity contribution in [2.45, 2.75) is 175 Å². The first-order chi connectivity index (χ1) is 33.0. The molecule has 0 N–H and O–H groups in total. The standard InChI is InChI=1S/C69H69N/c1-34-25-46-61-55-40(34)19-16-22-43(55)64(4,5)49-28-37(31-52(58(49)61)67(46,10)11)70(38-29-50-59-53(32-38)68(12,13)47-26-35(2)41-20-17-23-44(65(50,6)7)56(41)62(47)59)39-30-51-60-54(33-39)69(14,15)48-27-36(3)42-21-18-24-45(66(51,8)9)57(42)63(48)60/h16-18,22-24,28-33H,19-21,25-27H2,1-15H3. The van der Waals surface area contributed by atoms with E-state index in [4.69, 9.17) is 0 Å². The summed E-state index contributed by atoms with van der Waals surface area (Å²) in [6.45, 7) is 37.7. The lowest BCUT2D eigenvalue weighted by atomic mass is 9.62. The molecule has 0 saturated heterocycles. The molecule has 15 rings (SSSR count). The van der Waals surface area contributed by atoms with E-state index >= 15 is 0 Å². The zero-order chi connectivity index (χ0) is 48.6. The lowest BCUT2D eigenvalue weighted by molar-refractivity contribution is 0.612. The summed E-state index contributed by atoms with van der Waals surface area (Å²) in [6, 6.07) is 16.1. The van der Waals surface area contributed by atoms with Crippen molar-refractivity contribution >= 4 is 33.8 Å². The fraction of sp³-hybridized carbons (Fsp3) is 0.391. The number of nitrogens with zero attached hydrogens (tertiary/aromatic N) is 1. The Morgan fingerprint density at radius 1 is 0.329 bits per heavy atom. The van der Waals surface area contributed by atoms with Gasteiger partial charge >= 0.3 is 0 Å². The number of hydrogen-bond acceptors (Lipinski definition) is 1. The lowest BCUT2D eigenvalue weighted by Crippen LogP contribution is -2.31. The highest BCUT2D eigenvalue weighted by atomic mass is 15.1. The predicted octanol–water partition coefficient (Wildman–Crippen LogP) is 18.1. The van der Waals surface area contributed by atoms with Crippen LogP contribution in [0.4, 0.5) is 17.1 Å². The number of allylic oxidation sites excluding steroid dienone is 24. The van der Waals surface area contributed by atoms with E-state index in [1.165, 1.54) is 83.9 Å². The Labute approximate surface area is 418 Å². The Morgan fingerprint density at radius 3 is 0.829 bits per heavy atom. The highest BCUT2D eigenvalue weighted by molar-refractivity contribution is 6.05. The Hall–Kier alpha value is -5.66. The summed E-state index contributed by atoms with van der Waals surface area (Å²) in [4.78, 5) is 2.78. The first-order valence-corrected chi connectivity index (χ1v) is 26.9. The topological polar surface area (TPSA) is 3.24 Å². The number of hydrogen-bond donors (Lipinski definition) is 0. The molecule has 0 saturated carbocycles. The van der Waals surface area contributed by atoms with E-state index in [2.05, 4.69) is 182 Å². The van der Waals surface area contributed by atoms with Crippen molar-refractivity contribution in [2.24, 2.45) is 0 Å². The van der Waals surface area contributed by atoms with Gasteiger partial charge in [0.05, 0.1) is 0 Å². The summed E-state index contributed by atoms with van der Waals surface area (Å²) >= 11 is 0. The van der Waals surface area contributed by atoms with Crippen molar-refractivity contribution in [3.8, 4) is 0 Å². The quantitative estimate of drug-likeness (QED) is 0.253. The minimum Gasteiger partial charge on any atom is -0.310 e. The molecule has 70 heavy (non-hydrogen) atoms. The Balaban J connectivity index is 1.04. The second-order valence-electron chi connectivity index (χ2n) is 26.9. The summed E-state index contributed by atoms with van der Waals surface area (Å²) < 4.78 is 0. The van der Waals surface area contributed by atoms with Crippen LogP contribution >= 0.6 is 0 Å². The zero-order valence-corrected chi connectivity index (χ0v) is 44.6. The highest BCUT2D eigenvalue weighted by Gasteiger charge is 2.54. The van der Waals surface area contributed by atoms with E-state index in [1.54, 1.807) is 83.6 Å². The van der Waals surface area contributed by atoms with Crippen molar-refractivity contribution < 1.29 is 0 Å². The van der Waals surface area contributed by atoms with Crippen LogP contribution in [0.25, 0.3) is 16.7 Å². The molecule has 0 unspecified atom stereocenters. The van der Waals surface area contributed by atoms with Crippen LogP contribution in [-0.2, 0) is 32.5 Å². The average Bonchev–Trinajstić information content (AvgIpc) is 3.78. The molecule has 0 atom stereocenters. The molecular formula is C69H69N. The third-order valence-electron chi connectivity index (χ3n) is 21.3. The molecule has 1 nitrogen and oxygen atoms in total. The van der Waals surface area contributed by atoms with Crippen LogP contribution in [0.2, 0.25) is 0 Å². The van der Waals surface area contributed by atoms with E-state index in [-0.39, 0.29) is 32.5 Å². The second-order valence-corrected chi connectivity index (χ2v) is 26.9. The number of rotatable bonds is 3. The van der Waals surface area contributed by atoms with Gasteiger partial charge in [0.15, 0.2) is 0 Å². The van der Waals surface area contributed by atoms with Crippen molar-refractivity contribution in [1.82, 2.24) is 0 Å². The van der Waals surface area contributed by atoms with Crippen LogP contribution < -0.4 is 4.90 Å². The Morgan fingerprint density at radius 2 is 0.571 bits per heavy atom. The number of benzene rings is 3. The van der Waals surface area contributed by atoms with E-state index in [1.807, 2.05) is 0 Å². The van der Waals surface area contributed by atoms with Crippen molar-refractivity contribution in [3.63, 3.8) is 0 Å². The molecule has 0 radical (unpaired) electrons. The fourth-order valence-electron chi connectivity index (χ4n) is 17.2. The molecule has 1 heteroatoms. The van der Waals surface area contributed by atoms with Crippen LogP contribution in [0, 0.1) is 0 Å². The van der Waals surface area contributed by atoms with Crippen molar-refractivity contribution in [2.75, 3.05) is 4.90 Å². The minimum atomic E-state index is -0.179. The molecule has 0 aromatic heterocycles. The van der Waals surface area contributed by atoms with Gasteiger partial charge in [0.1, 0.15) is 0 Å². The maximum atomic E-state index is 2.78. The summed E-state index contributed by atoms with van der Waals surface area (Å²) in [6.07, 6.45) is 21.2. The summed E-state index contributed by atoms with van der Waals surface area (Å²) in [7, 11) is 0. The van der Waals surface area contributed by atoms with Gasteiger partial charge in [-0.05, 0) is 229 Å². The molecule has 0 bridgehead atoms. The molecule has 12 aliphatic carbocycles. The van der Waals surface area contributed by atoms with Gasteiger partial charge in [0.25, 0.3) is 0 Å². The van der Waals surface area contributed by atoms with Gasteiger partial charge in [0, 0.05) is 49.6 Å². The summed E-state index contributed by atoms with van der Waals surface area (Å²) in [5, 5.41) is 0. The smallest absolute Gasteiger partial charge is 0.0468 e. The van der Waals surface area contributed by atoms with Gasteiger partial charge in [0.2, 0.25) is 0 Å². The van der Waals surface area contributed by atoms with Gasteiger partial charge in [-0.3, -0.25) is 0 Å². The monoisotopic (exact) mass is 912 g/mol. The van der Waals surface area contributed by atoms with E-state index < -0.39 is 0 Å². The van der Waals surface area contributed by atoms with Gasteiger partial charge in [-0.15, -0.1) is 0 Å². The molecule has 0 amide bonds. The van der Waals surface area contributed by atoms with Gasteiger partial charge in [-0.2, -0.15) is 0 Å². The Bertz CT molecular complexity index is 3290. The molecule has 350 valence electrons. The van der Waals surface area contributed by atoms with Crippen LogP contribution in [0.1, 0.15) is 192 Å². The third-order valence-corrected chi connectivity index (χ3v) is 21.3. The lowest BCUT2D eigenvalue weighted by Gasteiger charge is -2.43. The minimum absolute atomic E-state index is 0.112. The normalized spacial score (nSPS) is 25.6. The Kier molecular flexibility index (Phi) is 7.40. The van der Waals surface area contributed by atoms with Gasteiger partial charge in [-0.1, -0.05) is 136 Å². The van der Waals surface area contributed by atoms with Gasteiger partial charge < -0.3 is 4.90 Å². The predicted molar refractivity (Wildman–Crippen MR) is 294 cm³/mol. The largest absolute Gasteiger partial charge is 0.310 e. The van der Waals surface area contributed by atoms with Crippen molar-refractivity contribution in [1.29, 1.82) is 0 Å². The molecular weight excluding hydrogens is 843 g/mol. The van der Waals surface area contributed by atoms with Crippen LogP contribution in [-0.4, -0.2) is 0 Å². The highest BCUT2D eigenvalue weighted by Crippen LogP contribution is 2.68. The van der Waals surface area contributed by atoms with Crippen LogP contribution in [0.5, 0.6) is 0 Å². The van der Waals surface area contributed by atoms with Crippen molar-refractivity contribution in [3.05, 3.63) is 207 Å². The van der Waals surface area contributed by atoms with E-state index in [0.717, 1.165) is 38.5 Å². The molecule has 3 aromatic carbocycles. The molecule has 0 heterocycles. The molecule has 3 aromatic rings. The molecule has 0 aliphatic heterocycles. The SMILES string of the molecule is CC1=C2CC=CC3=C2C2=C(C1)C(C)(C)c1cc(N(c4cc5c6c(c4)C(C)(C)C4=C6C6=C(C=CCC6=C(C)C4)C5(C)C)c4cc5c6c(c4)C(C)(C)C4=C6C6=C(C=CCC6=C(C)C4)C5(C)C)cc(c12)C3(C)C. The van der Waals surface area contributed by atoms with E-state index in [0.29, 0.717) is 0 Å². The first kappa shape index (κ1) is 42.1. The molecule has 12 aliphatic rings. The maximum Gasteiger partial charge on any atom is 0.0468 e. The number of anilines is 3. The maximum absolute atomic E-state index is 2.78. The average molecular weight is 912 g/mol. The summed E-state index contributed by atoms with van der Waals surface area (Å²) in [5.41, 5.74) is 44.8. The van der Waals surface area contributed by atoms with Crippen LogP contribution in [0.3, 0.4) is 0 Å².